The molecule has 1 aromatic heterocycles. The van der Waals surface area contributed by atoms with Gasteiger partial charge < -0.3 is 0 Å². The van der Waals surface area contributed by atoms with Crippen LogP contribution in [0.25, 0.3) is 0 Å². The van der Waals surface area contributed by atoms with E-state index in [-0.39, 0.29) is 25.3 Å². The molecule has 5 nitrogen and oxygen atoms in total. The van der Waals surface area contributed by atoms with E-state index in [4.69, 9.17) is 0 Å². The average Bonchev–Trinajstić information content (AvgIpc) is 2.97. The van der Waals surface area contributed by atoms with Crippen LogP contribution in [0.15, 0.2) is 34.5 Å². The number of sulfonamides is 1. The predicted molar refractivity (Wildman–Crippen MR) is 105 cm³/mol. The van der Waals surface area contributed by atoms with Gasteiger partial charge in [0.05, 0.1) is 15.9 Å². The van der Waals surface area contributed by atoms with Crippen molar-refractivity contribution in [2.75, 3.05) is 18.8 Å². The molecule has 8 heteroatoms. The molecule has 1 fully saturated rings. The van der Waals surface area contributed by atoms with E-state index in [0.29, 0.717) is 16.0 Å². The van der Waals surface area contributed by atoms with E-state index in [1.54, 1.807) is 13.8 Å². The summed E-state index contributed by atoms with van der Waals surface area (Å²) in [7, 11) is -7.11. The molecular formula is C18H23NO4S3. The maximum Gasteiger partial charge on any atom is 0.243 e. The van der Waals surface area contributed by atoms with Gasteiger partial charge in [-0.3, -0.25) is 0 Å². The third-order valence-corrected chi connectivity index (χ3v) is 10.2. The second-order valence-electron chi connectivity index (χ2n) is 6.79. The Morgan fingerprint density at radius 2 is 1.77 bits per heavy atom. The van der Waals surface area contributed by atoms with Crippen LogP contribution in [-0.2, 0) is 19.9 Å². The molecular weight excluding hydrogens is 390 g/mol. The van der Waals surface area contributed by atoms with Crippen molar-refractivity contribution in [3.63, 3.8) is 0 Å². The lowest BCUT2D eigenvalue weighted by atomic mass is 10.1. The van der Waals surface area contributed by atoms with Gasteiger partial charge in [-0.05, 0) is 49.8 Å². The van der Waals surface area contributed by atoms with Gasteiger partial charge in [0.25, 0.3) is 0 Å². The van der Waals surface area contributed by atoms with E-state index in [2.05, 4.69) is 0 Å². The minimum atomic E-state index is -3.73. The zero-order chi connectivity index (χ0) is 19.1. The van der Waals surface area contributed by atoms with E-state index in [9.17, 15) is 16.8 Å². The summed E-state index contributed by atoms with van der Waals surface area (Å²) in [5.74, 6) is -0.154. The molecule has 0 amide bonds. The maximum absolute atomic E-state index is 13.2. The fraction of sp³-hybridized carbons (Fsp3) is 0.444. The highest BCUT2D eigenvalue weighted by atomic mass is 32.2. The van der Waals surface area contributed by atoms with Crippen LogP contribution in [0.5, 0.6) is 0 Å². The van der Waals surface area contributed by atoms with Crippen molar-refractivity contribution >= 4 is 31.2 Å². The number of hydrogen-bond donors (Lipinski definition) is 0. The molecule has 0 aliphatic carbocycles. The molecule has 2 aromatic rings. The number of benzene rings is 1. The van der Waals surface area contributed by atoms with Gasteiger partial charge in [-0.25, -0.2) is 16.8 Å². The van der Waals surface area contributed by atoms with Crippen molar-refractivity contribution in [2.45, 2.75) is 37.3 Å². The van der Waals surface area contributed by atoms with Gasteiger partial charge in [0.1, 0.15) is 0 Å². The monoisotopic (exact) mass is 413 g/mol. The molecule has 0 radical (unpaired) electrons. The van der Waals surface area contributed by atoms with E-state index < -0.39 is 25.1 Å². The first kappa shape index (κ1) is 19.5. The van der Waals surface area contributed by atoms with E-state index in [1.165, 1.54) is 15.6 Å². The Labute approximate surface area is 159 Å². The lowest BCUT2D eigenvalue weighted by molar-refractivity contribution is 0.428. The molecule has 2 heterocycles. The lowest BCUT2D eigenvalue weighted by Gasteiger charge is -2.22. The fourth-order valence-electron chi connectivity index (χ4n) is 3.66. The Morgan fingerprint density at radius 1 is 1.12 bits per heavy atom. The topological polar surface area (TPSA) is 71.5 Å². The van der Waals surface area contributed by atoms with Crippen LogP contribution in [0.3, 0.4) is 0 Å². The quantitative estimate of drug-likeness (QED) is 0.775. The first-order chi connectivity index (χ1) is 12.1. The van der Waals surface area contributed by atoms with Gasteiger partial charge >= 0.3 is 0 Å². The predicted octanol–water partition coefficient (Wildman–Crippen LogP) is 3.22. The van der Waals surface area contributed by atoms with Crippen molar-refractivity contribution in [2.24, 2.45) is 0 Å². The van der Waals surface area contributed by atoms with Crippen molar-refractivity contribution in [3.8, 4) is 0 Å². The van der Waals surface area contributed by atoms with E-state index >= 15 is 0 Å². The number of nitrogens with zero attached hydrogens (tertiary/aromatic N) is 1. The minimum absolute atomic E-state index is 0.000696. The van der Waals surface area contributed by atoms with Crippen LogP contribution >= 0.6 is 11.3 Å². The SMILES string of the molecule is Cc1cc(C)c(S(=O)(=O)N2CCC(c3cccs3)S(=O)(=O)CC2)c(C)c1. The van der Waals surface area contributed by atoms with E-state index in [0.717, 1.165) is 10.4 Å². The molecule has 0 saturated carbocycles. The molecule has 1 saturated heterocycles. The average molecular weight is 414 g/mol. The molecule has 142 valence electrons. The van der Waals surface area contributed by atoms with Crippen molar-refractivity contribution in [1.29, 1.82) is 0 Å². The minimum Gasteiger partial charge on any atom is -0.228 e. The zero-order valence-corrected chi connectivity index (χ0v) is 17.5. The van der Waals surface area contributed by atoms with Crippen molar-refractivity contribution in [1.82, 2.24) is 4.31 Å². The van der Waals surface area contributed by atoms with Crippen LogP contribution in [0.2, 0.25) is 0 Å². The Hall–Kier alpha value is -1.22. The summed E-state index contributed by atoms with van der Waals surface area (Å²) >= 11 is 1.41. The van der Waals surface area contributed by atoms with E-state index in [1.807, 2.05) is 36.6 Å². The van der Waals surface area contributed by atoms with Gasteiger partial charge in [-0.2, -0.15) is 4.31 Å². The summed E-state index contributed by atoms with van der Waals surface area (Å²) in [5, 5.41) is 1.23. The standard InChI is InChI=1S/C18H23NO4S3/c1-13-11-14(2)18(15(3)12-13)26(22,23)19-7-6-17(16-5-4-9-24-16)25(20,21)10-8-19/h4-5,9,11-12,17H,6-8,10H2,1-3H3. The highest BCUT2D eigenvalue weighted by Crippen LogP contribution is 2.34. The molecule has 3 rings (SSSR count). The lowest BCUT2D eigenvalue weighted by Crippen LogP contribution is -2.34. The highest BCUT2D eigenvalue weighted by Gasteiger charge is 2.37. The summed E-state index contributed by atoms with van der Waals surface area (Å²) in [6.45, 7) is 5.71. The van der Waals surface area contributed by atoms with Gasteiger partial charge in [-0.15, -0.1) is 11.3 Å². The summed E-state index contributed by atoms with van der Waals surface area (Å²) in [6, 6.07) is 7.34. The highest BCUT2D eigenvalue weighted by molar-refractivity contribution is 7.92. The van der Waals surface area contributed by atoms with Gasteiger partial charge in [0.15, 0.2) is 9.84 Å². The molecule has 1 unspecified atom stereocenters. The number of thiophene rings is 1. The molecule has 0 bridgehead atoms. The first-order valence-electron chi connectivity index (χ1n) is 8.46. The second kappa shape index (κ2) is 7.07. The molecule has 1 aromatic carbocycles. The molecule has 1 aliphatic heterocycles. The van der Waals surface area contributed by atoms with Crippen molar-refractivity contribution in [3.05, 3.63) is 51.2 Å². The van der Waals surface area contributed by atoms with Crippen molar-refractivity contribution < 1.29 is 16.8 Å². The number of aryl methyl sites for hydroxylation is 3. The summed E-state index contributed by atoms with van der Waals surface area (Å²) in [6.07, 6.45) is 0.284. The maximum atomic E-state index is 13.2. The largest absolute Gasteiger partial charge is 0.243 e. The normalized spacial score (nSPS) is 21.4. The molecule has 1 atom stereocenters. The number of sulfone groups is 1. The zero-order valence-electron chi connectivity index (χ0n) is 15.1. The summed E-state index contributed by atoms with van der Waals surface area (Å²) < 4.78 is 53.1. The molecule has 0 N–H and O–H groups in total. The Morgan fingerprint density at radius 3 is 2.35 bits per heavy atom. The van der Waals surface area contributed by atoms with Crippen LogP contribution in [0.4, 0.5) is 0 Å². The fourth-order valence-corrected chi connectivity index (χ4v) is 8.65. The van der Waals surface area contributed by atoms with Crippen LogP contribution in [-0.4, -0.2) is 40.0 Å². The first-order valence-corrected chi connectivity index (χ1v) is 12.5. The van der Waals surface area contributed by atoms with Gasteiger partial charge in [0, 0.05) is 18.0 Å². The smallest absolute Gasteiger partial charge is 0.228 e. The molecule has 0 spiro atoms. The Balaban J connectivity index is 1.96. The number of rotatable bonds is 3. The second-order valence-corrected chi connectivity index (χ2v) is 11.9. The van der Waals surface area contributed by atoms with Gasteiger partial charge in [0.2, 0.25) is 10.0 Å². The molecule has 26 heavy (non-hydrogen) atoms. The Kier molecular flexibility index (Phi) is 5.31. The summed E-state index contributed by atoms with van der Waals surface area (Å²) in [5.41, 5.74) is 2.41. The third-order valence-electron chi connectivity index (χ3n) is 4.76. The van der Waals surface area contributed by atoms with Gasteiger partial charge in [-0.1, -0.05) is 23.8 Å². The molecule has 1 aliphatic rings. The summed E-state index contributed by atoms with van der Waals surface area (Å²) in [4.78, 5) is 1.09. The third kappa shape index (κ3) is 3.60. The number of hydrogen-bond acceptors (Lipinski definition) is 5. The van der Waals surface area contributed by atoms with Crippen LogP contribution in [0.1, 0.15) is 33.2 Å². The van der Waals surface area contributed by atoms with Crippen LogP contribution in [0, 0.1) is 20.8 Å². The Bertz CT molecular complexity index is 986. The van der Waals surface area contributed by atoms with Crippen LogP contribution < -0.4 is 0 Å².